The highest BCUT2D eigenvalue weighted by Crippen LogP contribution is 2.32. The molecule has 2 aromatic carbocycles. The fraction of sp³-hybridized carbons (Fsp3) is 0.292. The van der Waals surface area contributed by atoms with E-state index < -0.39 is 39.8 Å². The lowest BCUT2D eigenvalue weighted by Gasteiger charge is -2.34. The zero-order valence-electron chi connectivity index (χ0n) is 20.4. The first-order valence-electron chi connectivity index (χ1n) is 11.6. The molecule has 2 N–H and O–H groups in total. The van der Waals surface area contributed by atoms with Crippen molar-refractivity contribution in [2.75, 3.05) is 36.4 Å². The Hall–Kier alpha value is -3.98. The topological polar surface area (TPSA) is 125 Å². The summed E-state index contributed by atoms with van der Waals surface area (Å²) in [6.07, 6.45) is -5.88. The summed E-state index contributed by atoms with van der Waals surface area (Å²) in [5, 5.41) is 11.6. The first-order valence-corrected chi connectivity index (χ1v) is 13.0. The molecule has 0 bridgehead atoms. The van der Waals surface area contributed by atoms with E-state index in [4.69, 9.17) is 9.84 Å². The van der Waals surface area contributed by atoms with Crippen LogP contribution in [0.5, 0.6) is 5.75 Å². The van der Waals surface area contributed by atoms with Gasteiger partial charge < -0.3 is 20.1 Å². The Morgan fingerprint density at radius 2 is 1.64 bits per heavy atom. The van der Waals surface area contributed by atoms with Crippen molar-refractivity contribution in [1.29, 1.82) is 0 Å². The van der Waals surface area contributed by atoms with Crippen LogP contribution in [0, 0.1) is 5.82 Å². The van der Waals surface area contributed by atoms with Gasteiger partial charge in [-0.2, -0.15) is 22.5 Å². The molecule has 0 unspecified atom stereocenters. The van der Waals surface area contributed by atoms with Crippen LogP contribution < -0.4 is 15.0 Å². The van der Waals surface area contributed by atoms with Crippen LogP contribution >= 0.6 is 0 Å². The van der Waals surface area contributed by atoms with E-state index in [9.17, 15) is 30.8 Å². The largest absolute Gasteiger partial charge is 0.479 e. The molecule has 0 spiro atoms. The molecule has 0 saturated carbocycles. The SMILES string of the molecule is C[C@H](Oc1ccc(S(=O)(=O)N2CCN(c3nc(Nc4ccc(F)cc4)cc(C(F)(F)F)n3)CC2)cc1)C(=O)O. The number of benzene rings is 2. The molecule has 39 heavy (non-hydrogen) atoms. The molecule has 4 rings (SSSR count). The van der Waals surface area contributed by atoms with Crippen LogP contribution in [-0.2, 0) is 21.0 Å². The second-order valence-corrected chi connectivity index (χ2v) is 10.5. The number of rotatable bonds is 8. The Morgan fingerprint density at radius 1 is 1.03 bits per heavy atom. The quantitative estimate of drug-likeness (QED) is 0.391. The van der Waals surface area contributed by atoms with Gasteiger partial charge in [-0.15, -0.1) is 0 Å². The van der Waals surface area contributed by atoms with Crippen molar-refractivity contribution < 1.29 is 40.6 Å². The molecule has 3 aromatic rings. The summed E-state index contributed by atoms with van der Waals surface area (Å²) < 4.78 is 86.4. The summed E-state index contributed by atoms with van der Waals surface area (Å²) in [6.45, 7) is 1.29. The number of hydrogen-bond donors (Lipinski definition) is 2. The number of carboxylic acids is 1. The summed E-state index contributed by atoms with van der Waals surface area (Å²) in [6, 6.07) is 11.0. The van der Waals surface area contributed by atoms with Gasteiger partial charge in [-0.3, -0.25) is 0 Å². The van der Waals surface area contributed by atoms with Crippen molar-refractivity contribution in [1.82, 2.24) is 14.3 Å². The third kappa shape index (κ3) is 6.72. The number of aromatic nitrogens is 2. The number of hydrogen-bond acceptors (Lipinski definition) is 8. The number of halogens is 4. The Labute approximate surface area is 220 Å². The van der Waals surface area contributed by atoms with Crippen LogP contribution in [0.1, 0.15) is 12.6 Å². The van der Waals surface area contributed by atoms with Gasteiger partial charge in [0.2, 0.25) is 16.0 Å². The van der Waals surface area contributed by atoms with E-state index in [1.807, 2.05) is 0 Å². The van der Waals surface area contributed by atoms with Gasteiger partial charge in [0, 0.05) is 37.9 Å². The Bertz CT molecular complexity index is 1430. The van der Waals surface area contributed by atoms with Gasteiger partial charge >= 0.3 is 12.1 Å². The van der Waals surface area contributed by atoms with Gasteiger partial charge in [0.25, 0.3) is 0 Å². The van der Waals surface area contributed by atoms with Crippen LogP contribution in [0.25, 0.3) is 0 Å². The zero-order valence-corrected chi connectivity index (χ0v) is 21.2. The highest BCUT2D eigenvalue weighted by Gasteiger charge is 2.35. The minimum Gasteiger partial charge on any atom is -0.479 e. The van der Waals surface area contributed by atoms with Crippen molar-refractivity contribution in [2.24, 2.45) is 0 Å². The van der Waals surface area contributed by atoms with Crippen LogP contribution in [-0.4, -0.2) is 66.0 Å². The maximum Gasteiger partial charge on any atom is 0.433 e. The van der Waals surface area contributed by atoms with Crippen molar-refractivity contribution in [3.63, 3.8) is 0 Å². The number of aliphatic carboxylic acids is 1. The van der Waals surface area contributed by atoms with Crippen molar-refractivity contribution in [3.8, 4) is 5.75 Å². The molecule has 10 nitrogen and oxygen atoms in total. The standard InChI is InChI=1S/C24H23F4N5O5S/c1-15(22(34)35)38-18-6-8-19(9-7-18)39(36,37)33-12-10-32(11-13-33)23-30-20(24(26,27)28)14-21(31-23)29-17-4-2-16(25)3-5-17/h2-9,14-15H,10-13H2,1H3,(H,34,35)(H,29,30,31)/t15-/m0/s1. The summed E-state index contributed by atoms with van der Waals surface area (Å²) >= 11 is 0. The van der Waals surface area contributed by atoms with E-state index in [0.29, 0.717) is 5.69 Å². The third-order valence-electron chi connectivity index (χ3n) is 5.77. The monoisotopic (exact) mass is 569 g/mol. The maximum absolute atomic E-state index is 13.5. The van der Waals surface area contributed by atoms with Crippen molar-refractivity contribution in [2.45, 2.75) is 24.1 Å². The molecule has 0 amide bonds. The molecule has 208 valence electrons. The number of anilines is 3. The lowest BCUT2D eigenvalue weighted by molar-refractivity contribution is -0.144. The number of piperazine rings is 1. The van der Waals surface area contributed by atoms with E-state index in [0.717, 1.165) is 18.2 Å². The minimum atomic E-state index is -4.76. The van der Waals surface area contributed by atoms with Gasteiger partial charge in [-0.05, 0) is 55.5 Å². The van der Waals surface area contributed by atoms with Crippen LogP contribution in [0.4, 0.5) is 35.0 Å². The Morgan fingerprint density at radius 3 is 2.21 bits per heavy atom. The molecule has 1 atom stereocenters. The highest BCUT2D eigenvalue weighted by atomic mass is 32.2. The fourth-order valence-corrected chi connectivity index (χ4v) is 5.11. The van der Waals surface area contributed by atoms with Crippen LogP contribution in [0.2, 0.25) is 0 Å². The number of nitrogens with zero attached hydrogens (tertiary/aromatic N) is 4. The molecular weight excluding hydrogens is 546 g/mol. The molecule has 15 heteroatoms. The first kappa shape index (κ1) is 28.0. The molecule has 1 aliphatic rings. The molecule has 2 heterocycles. The Balaban J connectivity index is 1.48. The van der Waals surface area contributed by atoms with E-state index in [-0.39, 0.29) is 48.6 Å². The Kier molecular flexibility index (Phi) is 7.92. The van der Waals surface area contributed by atoms with Gasteiger partial charge in [-0.1, -0.05) is 0 Å². The predicted molar refractivity (Wildman–Crippen MR) is 132 cm³/mol. The van der Waals surface area contributed by atoms with Crippen molar-refractivity contribution in [3.05, 3.63) is 66.1 Å². The van der Waals surface area contributed by atoms with Gasteiger partial charge in [0.05, 0.1) is 4.90 Å². The second-order valence-electron chi connectivity index (χ2n) is 8.53. The average molecular weight is 570 g/mol. The highest BCUT2D eigenvalue weighted by molar-refractivity contribution is 7.89. The first-order chi connectivity index (χ1) is 18.3. The molecule has 1 fully saturated rings. The van der Waals surface area contributed by atoms with Gasteiger partial charge in [0.1, 0.15) is 17.4 Å². The molecule has 0 radical (unpaired) electrons. The minimum absolute atomic E-state index is 0.0217. The smallest absolute Gasteiger partial charge is 0.433 e. The van der Waals surface area contributed by atoms with Gasteiger partial charge in [-0.25, -0.2) is 22.6 Å². The summed E-state index contributed by atoms with van der Waals surface area (Å²) in [4.78, 5) is 20.1. The average Bonchev–Trinajstić information content (AvgIpc) is 2.89. The number of alkyl halides is 3. The summed E-state index contributed by atoms with van der Waals surface area (Å²) in [5.41, 5.74) is -0.870. The zero-order chi connectivity index (χ0) is 28.4. The third-order valence-corrected chi connectivity index (χ3v) is 7.68. The number of carbonyl (C=O) groups is 1. The number of sulfonamides is 1. The lowest BCUT2D eigenvalue weighted by Crippen LogP contribution is -2.49. The van der Waals surface area contributed by atoms with Crippen LogP contribution in [0.3, 0.4) is 0 Å². The normalized spacial score (nSPS) is 15.6. The second kappa shape index (κ2) is 11.0. The van der Waals surface area contributed by atoms with Crippen molar-refractivity contribution >= 4 is 33.4 Å². The lowest BCUT2D eigenvalue weighted by atomic mass is 10.3. The van der Waals surface area contributed by atoms with E-state index in [1.165, 1.54) is 52.5 Å². The van der Waals surface area contributed by atoms with E-state index >= 15 is 0 Å². The van der Waals surface area contributed by atoms with E-state index in [2.05, 4.69) is 15.3 Å². The molecular formula is C24H23F4N5O5S. The summed E-state index contributed by atoms with van der Waals surface area (Å²) in [5.74, 6) is -1.90. The number of ether oxygens (including phenoxy) is 1. The molecule has 0 aliphatic carbocycles. The maximum atomic E-state index is 13.5. The number of nitrogens with one attached hydrogen (secondary N) is 1. The van der Waals surface area contributed by atoms with Crippen LogP contribution in [0.15, 0.2) is 59.5 Å². The van der Waals surface area contributed by atoms with E-state index in [1.54, 1.807) is 0 Å². The predicted octanol–water partition coefficient (Wildman–Crippen LogP) is 3.74. The summed E-state index contributed by atoms with van der Waals surface area (Å²) in [7, 11) is -3.94. The number of carboxylic acid groups (broad SMARTS) is 1. The fourth-order valence-electron chi connectivity index (χ4n) is 3.69. The molecule has 1 saturated heterocycles. The van der Waals surface area contributed by atoms with Gasteiger partial charge in [0.15, 0.2) is 11.8 Å². The molecule has 1 aliphatic heterocycles. The molecule has 1 aromatic heterocycles.